The fraction of sp³-hybridized carbons (Fsp3) is 1.00. The highest BCUT2D eigenvalue weighted by atomic mass is 16.5. The van der Waals surface area contributed by atoms with E-state index in [-0.39, 0.29) is 5.54 Å². The van der Waals surface area contributed by atoms with Crippen LogP contribution in [0.5, 0.6) is 0 Å². The molecule has 1 unspecified atom stereocenters. The molecule has 0 spiro atoms. The SMILES string of the molecule is CN(CC1CCCOC1)C1(CN)CCOCC1. The molecule has 2 aliphatic heterocycles. The van der Waals surface area contributed by atoms with E-state index in [1.165, 1.54) is 12.8 Å². The molecule has 4 nitrogen and oxygen atoms in total. The zero-order valence-electron chi connectivity index (χ0n) is 11.0. The highest BCUT2D eigenvalue weighted by Crippen LogP contribution is 2.27. The second-order valence-electron chi connectivity index (χ2n) is 5.50. The van der Waals surface area contributed by atoms with Gasteiger partial charge in [-0.05, 0) is 38.6 Å². The Hall–Kier alpha value is -0.160. The average molecular weight is 242 g/mol. The van der Waals surface area contributed by atoms with Crippen LogP contribution in [0.1, 0.15) is 25.7 Å². The predicted molar refractivity (Wildman–Crippen MR) is 68.0 cm³/mol. The van der Waals surface area contributed by atoms with Crippen LogP contribution < -0.4 is 5.73 Å². The van der Waals surface area contributed by atoms with Crippen LogP contribution in [0.3, 0.4) is 0 Å². The van der Waals surface area contributed by atoms with Gasteiger partial charge in [0, 0.05) is 38.4 Å². The Morgan fingerprint density at radius 3 is 2.59 bits per heavy atom. The topological polar surface area (TPSA) is 47.7 Å². The van der Waals surface area contributed by atoms with Crippen molar-refractivity contribution in [1.82, 2.24) is 4.90 Å². The van der Waals surface area contributed by atoms with E-state index < -0.39 is 0 Å². The van der Waals surface area contributed by atoms with Gasteiger partial charge in [0.1, 0.15) is 0 Å². The molecule has 100 valence electrons. The highest BCUT2D eigenvalue weighted by molar-refractivity contribution is 4.93. The third-order valence-electron chi connectivity index (χ3n) is 4.40. The summed E-state index contributed by atoms with van der Waals surface area (Å²) >= 11 is 0. The Labute approximate surface area is 104 Å². The number of nitrogens with zero attached hydrogens (tertiary/aromatic N) is 1. The normalized spacial score (nSPS) is 29.5. The third-order valence-corrected chi connectivity index (χ3v) is 4.40. The van der Waals surface area contributed by atoms with E-state index >= 15 is 0 Å². The van der Waals surface area contributed by atoms with Crippen LogP contribution in [0.15, 0.2) is 0 Å². The summed E-state index contributed by atoms with van der Waals surface area (Å²) in [5, 5.41) is 0. The van der Waals surface area contributed by atoms with Gasteiger partial charge in [-0.15, -0.1) is 0 Å². The van der Waals surface area contributed by atoms with E-state index in [0.717, 1.165) is 52.4 Å². The molecule has 0 aliphatic carbocycles. The minimum atomic E-state index is 0.162. The fourth-order valence-corrected chi connectivity index (χ4v) is 3.03. The average Bonchev–Trinajstić information content (AvgIpc) is 2.40. The van der Waals surface area contributed by atoms with E-state index in [1.54, 1.807) is 0 Å². The monoisotopic (exact) mass is 242 g/mol. The summed E-state index contributed by atoms with van der Waals surface area (Å²) in [6.07, 6.45) is 4.62. The molecule has 0 radical (unpaired) electrons. The minimum absolute atomic E-state index is 0.162. The van der Waals surface area contributed by atoms with E-state index in [4.69, 9.17) is 15.2 Å². The number of likely N-dealkylation sites (N-methyl/N-ethyl adjacent to an activating group) is 1. The molecule has 17 heavy (non-hydrogen) atoms. The Bertz CT molecular complexity index is 223. The van der Waals surface area contributed by atoms with Gasteiger partial charge in [0.2, 0.25) is 0 Å². The smallest absolute Gasteiger partial charge is 0.0506 e. The lowest BCUT2D eigenvalue weighted by Gasteiger charge is -2.45. The molecule has 0 saturated carbocycles. The van der Waals surface area contributed by atoms with Gasteiger partial charge >= 0.3 is 0 Å². The Kier molecular flexibility index (Phi) is 4.79. The zero-order chi connectivity index (χ0) is 12.1. The standard InChI is InChI=1S/C13H26N2O2/c1-15(9-12-3-2-6-17-10-12)13(11-14)4-7-16-8-5-13/h12H,2-11,14H2,1H3. The van der Waals surface area contributed by atoms with Gasteiger partial charge in [-0.3, -0.25) is 4.90 Å². The molecule has 0 aromatic heterocycles. The molecule has 0 bridgehead atoms. The van der Waals surface area contributed by atoms with Crippen LogP contribution in [0.2, 0.25) is 0 Å². The Balaban J connectivity index is 1.89. The molecule has 1 atom stereocenters. The number of ether oxygens (including phenoxy) is 2. The van der Waals surface area contributed by atoms with E-state index in [2.05, 4.69) is 11.9 Å². The molecular weight excluding hydrogens is 216 g/mol. The predicted octanol–water partition coefficient (Wildman–Crippen LogP) is 0.853. The molecule has 4 heteroatoms. The zero-order valence-corrected chi connectivity index (χ0v) is 11.0. The van der Waals surface area contributed by atoms with Crippen molar-refractivity contribution in [3.8, 4) is 0 Å². The molecule has 2 N–H and O–H groups in total. The molecule has 2 rings (SSSR count). The van der Waals surface area contributed by atoms with Crippen LogP contribution in [-0.2, 0) is 9.47 Å². The Morgan fingerprint density at radius 2 is 2.00 bits per heavy atom. The first-order valence-corrected chi connectivity index (χ1v) is 6.84. The summed E-state index contributed by atoms with van der Waals surface area (Å²) in [5.74, 6) is 0.681. The van der Waals surface area contributed by atoms with Gasteiger partial charge in [-0.2, -0.15) is 0 Å². The highest BCUT2D eigenvalue weighted by Gasteiger charge is 2.36. The van der Waals surface area contributed by atoms with Gasteiger partial charge in [0.05, 0.1) is 6.61 Å². The number of nitrogens with two attached hydrogens (primary N) is 1. The summed E-state index contributed by atoms with van der Waals surface area (Å²) in [7, 11) is 2.22. The summed E-state index contributed by atoms with van der Waals surface area (Å²) in [6, 6.07) is 0. The molecule has 2 aliphatic rings. The van der Waals surface area contributed by atoms with Gasteiger partial charge in [0.15, 0.2) is 0 Å². The van der Waals surface area contributed by atoms with Crippen molar-refractivity contribution in [2.75, 3.05) is 46.6 Å². The van der Waals surface area contributed by atoms with Crippen LogP contribution >= 0.6 is 0 Å². The summed E-state index contributed by atoms with van der Waals surface area (Å²) in [4.78, 5) is 2.47. The molecule has 2 heterocycles. The van der Waals surface area contributed by atoms with Crippen LogP contribution in [-0.4, -0.2) is 57.0 Å². The van der Waals surface area contributed by atoms with Crippen molar-refractivity contribution in [2.24, 2.45) is 11.7 Å². The van der Waals surface area contributed by atoms with Crippen LogP contribution in [0.4, 0.5) is 0 Å². The van der Waals surface area contributed by atoms with Crippen molar-refractivity contribution >= 4 is 0 Å². The molecule has 0 aromatic rings. The van der Waals surface area contributed by atoms with Crippen molar-refractivity contribution in [3.63, 3.8) is 0 Å². The molecule has 0 amide bonds. The quantitative estimate of drug-likeness (QED) is 0.794. The second-order valence-corrected chi connectivity index (χ2v) is 5.50. The van der Waals surface area contributed by atoms with Crippen LogP contribution in [0.25, 0.3) is 0 Å². The maximum absolute atomic E-state index is 6.02. The summed E-state index contributed by atoms with van der Waals surface area (Å²) in [5.41, 5.74) is 6.18. The lowest BCUT2D eigenvalue weighted by molar-refractivity contribution is -0.0321. The van der Waals surface area contributed by atoms with Crippen molar-refractivity contribution < 1.29 is 9.47 Å². The number of hydrogen-bond acceptors (Lipinski definition) is 4. The largest absolute Gasteiger partial charge is 0.381 e. The van der Waals surface area contributed by atoms with E-state index in [1.807, 2.05) is 0 Å². The fourth-order valence-electron chi connectivity index (χ4n) is 3.03. The van der Waals surface area contributed by atoms with Crippen molar-refractivity contribution in [3.05, 3.63) is 0 Å². The molecule has 0 aromatic carbocycles. The lowest BCUT2D eigenvalue weighted by Crippen LogP contribution is -2.56. The van der Waals surface area contributed by atoms with Crippen LogP contribution in [0, 0.1) is 5.92 Å². The molecule has 2 saturated heterocycles. The first-order chi connectivity index (χ1) is 8.27. The van der Waals surface area contributed by atoms with Crippen molar-refractivity contribution in [1.29, 1.82) is 0 Å². The number of hydrogen-bond donors (Lipinski definition) is 1. The second kappa shape index (κ2) is 6.14. The third kappa shape index (κ3) is 3.19. The van der Waals surface area contributed by atoms with Crippen molar-refractivity contribution in [2.45, 2.75) is 31.2 Å². The van der Waals surface area contributed by atoms with Gasteiger partial charge in [-0.1, -0.05) is 0 Å². The van der Waals surface area contributed by atoms with Gasteiger partial charge in [0.25, 0.3) is 0 Å². The maximum atomic E-state index is 6.02. The molecule has 2 fully saturated rings. The maximum Gasteiger partial charge on any atom is 0.0506 e. The van der Waals surface area contributed by atoms with Gasteiger partial charge < -0.3 is 15.2 Å². The molecular formula is C13H26N2O2. The Morgan fingerprint density at radius 1 is 1.24 bits per heavy atom. The number of rotatable bonds is 4. The van der Waals surface area contributed by atoms with E-state index in [0.29, 0.717) is 5.92 Å². The minimum Gasteiger partial charge on any atom is -0.381 e. The first kappa shape index (κ1) is 13.3. The van der Waals surface area contributed by atoms with E-state index in [9.17, 15) is 0 Å². The lowest BCUT2D eigenvalue weighted by atomic mass is 9.87. The summed E-state index contributed by atoms with van der Waals surface area (Å²) in [6.45, 7) is 5.40. The van der Waals surface area contributed by atoms with Gasteiger partial charge in [-0.25, -0.2) is 0 Å². The summed E-state index contributed by atoms with van der Waals surface area (Å²) < 4.78 is 11.0. The first-order valence-electron chi connectivity index (χ1n) is 6.84.